The van der Waals surface area contributed by atoms with E-state index in [1.165, 1.54) is 24.0 Å². The number of alkyl halides is 3. The van der Waals surface area contributed by atoms with Gasteiger partial charge in [0.15, 0.2) is 5.17 Å². The van der Waals surface area contributed by atoms with E-state index < -0.39 is 11.7 Å². The minimum Gasteiger partial charge on any atom is -0.439 e. The molecule has 0 radical (unpaired) electrons. The number of ether oxygens (including phenoxy) is 1. The lowest BCUT2D eigenvalue weighted by atomic mass is 10.2. The highest BCUT2D eigenvalue weighted by atomic mass is 32.2. The molecule has 0 unspecified atom stereocenters. The highest BCUT2D eigenvalue weighted by Gasteiger charge is 2.30. The van der Waals surface area contributed by atoms with Gasteiger partial charge in [-0.3, -0.25) is 0 Å². The highest BCUT2D eigenvalue weighted by molar-refractivity contribution is 8.13. The molecule has 0 saturated carbocycles. The third-order valence-corrected chi connectivity index (χ3v) is 4.61. The zero-order valence-electron chi connectivity index (χ0n) is 15.6. The number of thioether (sulfide) groups is 1. The molecule has 0 aliphatic rings. The molecule has 0 saturated heterocycles. The van der Waals surface area contributed by atoms with E-state index in [0.717, 1.165) is 23.4 Å². The summed E-state index contributed by atoms with van der Waals surface area (Å²) in [5.74, 6) is 1.20. The van der Waals surface area contributed by atoms with E-state index >= 15 is 0 Å². The van der Waals surface area contributed by atoms with Crippen LogP contribution in [0.4, 0.5) is 13.2 Å². The van der Waals surface area contributed by atoms with Crippen LogP contribution in [0.25, 0.3) is 0 Å². The van der Waals surface area contributed by atoms with Crippen LogP contribution in [0.2, 0.25) is 0 Å². The van der Waals surface area contributed by atoms with Crippen molar-refractivity contribution in [1.82, 2.24) is 4.98 Å². The number of hydrogen-bond acceptors (Lipinski definition) is 5. The third kappa shape index (κ3) is 6.63. The first kappa shape index (κ1) is 21.4. The number of rotatable bonds is 6. The molecule has 9 heteroatoms. The zero-order valence-corrected chi connectivity index (χ0v) is 16.4. The van der Waals surface area contributed by atoms with Crippen LogP contribution in [0.3, 0.4) is 0 Å². The number of benzene rings is 2. The van der Waals surface area contributed by atoms with Crippen molar-refractivity contribution in [2.75, 3.05) is 0 Å². The summed E-state index contributed by atoms with van der Waals surface area (Å²) in [4.78, 5) is 3.67. The Bertz CT molecular complexity index is 1010. The second-order valence-corrected chi connectivity index (χ2v) is 7.01. The lowest BCUT2D eigenvalue weighted by molar-refractivity contribution is -0.137. The van der Waals surface area contributed by atoms with Crippen molar-refractivity contribution < 1.29 is 17.9 Å². The molecule has 0 atom stereocenters. The second kappa shape index (κ2) is 9.93. The van der Waals surface area contributed by atoms with Crippen LogP contribution in [0.1, 0.15) is 16.7 Å². The predicted octanol–water partition coefficient (Wildman–Crippen LogP) is 5.47. The van der Waals surface area contributed by atoms with E-state index in [1.54, 1.807) is 24.3 Å². The first-order valence-electron chi connectivity index (χ1n) is 8.74. The first-order chi connectivity index (χ1) is 14.4. The summed E-state index contributed by atoms with van der Waals surface area (Å²) >= 11 is 1.39. The van der Waals surface area contributed by atoms with Crippen LogP contribution in [0, 0.1) is 0 Å². The molecule has 0 aliphatic heterocycles. The van der Waals surface area contributed by atoms with Gasteiger partial charge in [-0.15, -0.1) is 5.10 Å². The molecule has 154 valence electrons. The fraction of sp³-hybridized carbons (Fsp3) is 0.0952. The largest absolute Gasteiger partial charge is 0.439 e. The Morgan fingerprint density at radius 2 is 1.77 bits per heavy atom. The van der Waals surface area contributed by atoms with Gasteiger partial charge in [-0.05, 0) is 41.5 Å². The summed E-state index contributed by atoms with van der Waals surface area (Å²) in [5, 5.41) is 8.25. The number of nitrogens with two attached hydrogens (primary N) is 1. The summed E-state index contributed by atoms with van der Waals surface area (Å²) in [6.07, 6.45) is -2.16. The summed E-state index contributed by atoms with van der Waals surface area (Å²) in [6.45, 7) is 0. The van der Waals surface area contributed by atoms with Gasteiger partial charge in [0, 0.05) is 18.0 Å². The fourth-order valence-corrected chi connectivity index (χ4v) is 2.88. The number of amidine groups is 1. The van der Waals surface area contributed by atoms with E-state index in [-0.39, 0.29) is 5.88 Å². The van der Waals surface area contributed by atoms with Gasteiger partial charge in [-0.2, -0.15) is 18.3 Å². The quantitative estimate of drug-likeness (QED) is 0.320. The topological polar surface area (TPSA) is 72.9 Å². The van der Waals surface area contributed by atoms with Crippen LogP contribution in [0.15, 0.2) is 83.1 Å². The molecule has 0 aliphatic carbocycles. The number of nitrogens with zero attached hydrogens (tertiary/aromatic N) is 3. The standard InChI is InChI=1S/C21H17F3N4OS/c22-21(23,24)17-8-11-19(26-13-17)29-18-9-6-15(7-10-18)12-27-28-20(25)30-14-16-4-2-1-3-5-16/h1-13H,14H2,(H2,25,28). The summed E-state index contributed by atoms with van der Waals surface area (Å²) in [5.41, 5.74) is 6.90. The van der Waals surface area contributed by atoms with Gasteiger partial charge in [0.05, 0.1) is 11.8 Å². The van der Waals surface area contributed by atoms with Gasteiger partial charge >= 0.3 is 6.18 Å². The third-order valence-electron chi connectivity index (χ3n) is 3.76. The normalized spacial score (nSPS) is 12.3. The predicted molar refractivity (Wildman–Crippen MR) is 113 cm³/mol. The molecule has 1 heterocycles. The Morgan fingerprint density at radius 1 is 1.03 bits per heavy atom. The van der Waals surface area contributed by atoms with Crippen LogP contribution in [-0.4, -0.2) is 16.4 Å². The Morgan fingerprint density at radius 3 is 2.40 bits per heavy atom. The molecule has 2 aromatic carbocycles. The van der Waals surface area contributed by atoms with Gasteiger partial charge in [0.25, 0.3) is 0 Å². The van der Waals surface area contributed by atoms with Crippen LogP contribution >= 0.6 is 11.8 Å². The summed E-state index contributed by atoms with van der Waals surface area (Å²) in [6, 6.07) is 18.7. The van der Waals surface area contributed by atoms with E-state index in [4.69, 9.17) is 10.5 Å². The van der Waals surface area contributed by atoms with Crippen molar-refractivity contribution in [3.8, 4) is 11.6 Å². The Balaban J connectivity index is 1.52. The zero-order chi connectivity index (χ0) is 21.4. The van der Waals surface area contributed by atoms with Crippen molar-refractivity contribution >= 4 is 23.1 Å². The number of pyridine rings is 1. The van der Waals surface area contributed by atoms with E-state index in [2.05, 4.69) is 15.2 Å². The molecular formula is C21H17F3N4OS. The maximum atomic E-state index is 12.6. The minimum absolute atomic E-state index is 0.0669. The lowest BCUT2D eigenvalue weighted by Crippen LogP contribution is -2.06. The first-order valence-corrected chi connectivity index (χ1v) is 9.73. The molecule has 0 spiro atoms. The molecule has 30 heavy (non-hydrogen) atoms. The Kier molecular flexibility index (Phi) is 7.08. The molecule has 0 amide bonds. The Labute approximate surface area is 175 Å². The van der Waals surface area contributed by atoms with Crippen molar-refractivity contribution in [3.05, 3.63) is 89.6 Å². The molecule has 2 N–H and O–H groups in total. The molecular weight excluding hydrogens is 413 g/mol. The van der Waals surface area contributed by atoms with E-state index in [0.29, 0.717) is 16.7 Å². The maximum absolute atomic E-state index is 12.6. The number of halogens is 3. The second-order valence-electron chi connectivity index (χ2n) is 6.01. The molecule has 0 fully saturated rings. The van der Waals surface area contributed by atoms with Crippen molar-refractivity contribution in [2.45, 2.75) is 11.9 Å². The number of hydrogen-bond donors (Lipinski definition) is 1. The summed E-state index contributed by atoms with van der Waals surface area (Å²) in [7, 11) is 0. The van der Waals surface area contributed by atoms with E-state index in [1.807, 2.05) is 30.3 Å². The maximum Gasteiger partial charge on any atom is 0.417 e. The highest BCUT2D eigenvalue weighted by Crippen LogP contribution is 2.30. The van der Waals surface area contributed by atoms with Gasteiger partial charge in [0.2, 0.25) is 5.88 Å². The van der Waals surface area contributed by atoms with E-state index in [9.17, 15) is 13.2 Å². The lowest BCUT2D eigenvalue weighted by Gasteiger charge is -2.08. The van der Waals surface area contributed by atoms with Crippen LogP contribution < -0.4 is 10.5 Å². The minimum atomic E-state index is -4.43. The van der Waals surface area contributed by atoms with Crippen LogP contribution in [0.5, 0.6) is 11.6 Å². The molecule has 3 rings (SSSR count). The molecule has 3 aromatic rings. The van der Waals surface area contributed by atoms with Crippen molar-refractivity contribution in [2.24, 2.45) is 15.9 Å². The summed E-state index contributed by atoms with van der Waals surface area (Å²) < 4.78 is 43.1. The van der Waals surface area contributed by atoms with Gasteiger partial charge in [-0.1, -0.05) is 42.1 Å². The van der Waals surface area contributed by atoms with Crippen LogP contribution in [-0.2, 0) is 11.9 Å². The number of aromatic nitrogens is 1. The van der Waals surface area contributed by atoms with Gasteiger partial charge < -0.3 is 10.5 Å². The average molecular weight is 430 g/mol. The van der Waals surface area contributed by atoms with Gasteiger partial charge in [0.1, 0.15) is 5.75 Å². The average Bonchev–Trinajstić information content (AvgIpc) is 2.74. The van der Waals surface area contributed by atoms with Gasteiger partial charge in [-0.25, -0.2) is 4.98 Å². The fourth-order valence-electron chi connectivity index (χ4n) is 2.26. The SMILES string of the molecule is NC(=NN=Cc1ccc(Oc2ccc(C(F)(F)F)cn2)cc1)SCc1ccccc1. The molecule has 0 bridgehead atoms. The Hall–Kier alpha value is -3.33. The van der Waals surface area contributed by atoms with Crippen molar-refractivity contribution in [3.63, 3.8) is 0 Å². The molecule has 1 aromatic heterocycles. The molecule has 5 nitrogen and oxygen atoms in total. The monoisotopic (exact) mass is 430 g/mol. The smallest absolute Gasteiger partial charge is 0.417 e. The van der Waals surface area contributed by atoms with Crippen molar-refractivity contribution in [1.29, 1.82) is 0 Å².